The molecule has 244 valence electrons. The van der Waals surface area contributed by atoms with Gasteiger partial charge in [0.1, 0.15) is 17.8 Å². The zero-order valence-corrected chi connectivity index (χ0v) is 28.8. The molecule has 0 saturated heterocycles. The smallest absolute Gasteiger partial charge is 0.135 e. The maximum atomic E-state index is 6.24. The van der Waals surface area contributed by atoms with Crippen molar-refractivity contribution >= 4 is 115 Å². The molecule has 5 heteroatoms. The summed E-state index contributed by atoms with van der Waals surface area (Å²) in [4.78, 5) is 10.2. The van der Waals surface area contributed by atoms with Crippen molar-refractivity contribution in [2.75, 3.05) is 0 Å². The van der Waals surface area contributed by atoms with Crippen molar-refractivity contribution < 1.29 is 4.42 Å². The van der Waals surface area contributed by atoms with E-state index < -0.39 is 0 Å². The summed E-state index contributed by atoms with van der Waals surface area (Å²) in [7, 11) is 0. The van der Waals surface area contributed by atoms with Crippen LogP contribution in [-0.4, -0.2) is 17.0 Å². The highest BCUT2D eigenvalue weighted by atomic mass is 32.1. The van der Waals surface area contributed by atoms with Crippen molar-refractivity contribution in [3.05, 3.63) is 163 Å². The van der Waals surface area contributed by atoms with Crippen LogP contribution in [0.2, 0.25) is 0 Å². The Bertz CT molecular complexity index is 3300. The Hall–Kier alpha value is -6.56. The van der Waals surface area contributed by atoms with Gasteiger partial charge in [0.2, 0.25) is 0 Å². The molecule has 0 bridgehead atoms. The number of benzene rings is 8. The molecule has 52 heavy (non-hydrogen) atoms. The van der Waals surface area contributed by atoms with Gasteiger partial charge in [0, 0.05) is 69.0 Å². The van der Waals surface area contributed by atoms with Gasteiger partial charge in [-0.1, -0.05) is 109 Å². The Kier molecular flexibility index (Phi) is 6.30. The number of para-hydroxylation sites is 2. The van der Waals surface area contributed by atoms with Crippen LogP contribution in [0.15, 0.2) is 166 Å². The van der Waals surface area contributed by atoms with Crippen molar-refractivity contribution in [1.82, 2.24) is 4.57 Å². The molecule has 0 spiro atoms. The molecule has 0 saturated carbocycles. The Morgan fingerprint density at radius 3 is 2.15 bits per heavy atom. The number of hydrogen-bond acceptors (Lipinski definition) is 4. The molecule has 3 aromatic heterocycles. The van der Waals surface area contributed by atoms with Crippen LogP contribution in [0.1, 0.15) is 11.1 Å². The van der Waals surface area contributed by atoms with Gasteiger partial charge in [-0.05, 0) is 54.6 Å². The van der Waals surface area contributed by atoms with E-state index in [2.05, 4.69) is 156 Å². The predicted molar refractivity (Wildman–Crippen MR) is 222 cm³/mol. The van der Waals surface area contributed by atoms with Crippen LogP contribution in [0.4, 0.5) is 5.69 Å². The highest BCUT2D eigenvalue weighted by molar-refractivity contribution is 7.27. The average molecular weight is 684 g/mol. The van der Waals surface area contributed by atoms with Crippen molar-refractivity contribution in [2.24, 2.45) is 9.98 Å². The van der Waals surface area contributed by atoms with Gasteiger partial charge in [-0.2, -0.15) is 0 Å². The van der Waals surface area contributed by atoms with Gasteiger partial charge in [-0.15, -0.1) is 11.3 Å². The van der Waals surface area contributed by atoms with Crippen LogP contribution >= 0.6 is 11.3 Å². The molecule has 0 aliphatic rings. The van der Waals surface area contributed by atoms with Crippen LogP contribution in [-0.2, 0) is 6.67 Å². The molecule has 0 unspecified atom stereocenters. The molecule has 0 atom stereocenters. The molecule has 0 aliphatic heterocycles. The summed E-state index contributed by atoms with van der Waals surface area (Å²) < 4.78 is 11.3. The van der Waals surface area contributed by atoms with E-state index in [1.807, 2.05) is 23.5 Å². The molecule has 0 N–H and O–H groups in total. The van der Waals surface area contributed by atoms with Crippen molar-refractivity contribution in [3.8, 4) is 0 Å². The Morgan fingerprint density at radius 2 is 1.29 bits per heavy atom. The molecule has 0 radical (unpaired) electrons. The van der Waals surface area contributed by atoms with E-state index in [0.29, 0.717) is 6.67 Å². The fourth-order valence-electron chi connectivity index (χ4n) is 8.32. The quantitative estimate of drug-likeness (QED) is 0.167. The lowest BCUT2D eigenvalue weighted by atomic mass is 9.95. The number of fused-ring (bicyclic) bond motifs is 14. The van der Waals surface area contributed by atoms with Gasteiger partial charge >= 0.3 is 0 Å². The average Bonchev–Trinajstić information content (AvgIpc) is 3.88. The predicted octanol–water partition coefficient (Wildman–Crippen LogP) is 13.2. The third-order valence-electron chi connectivity index (χ3n) is 10.6. The summed E-state index contributed by atoms with van der Waals surface area (Å²) in [6, 6.07) is 53.7. The van der Waals surface area contributed by atoms with Gasteiger partial charge in [-0.3, -0.25) is 9.98 Å². The Labute approximate surface area is 302 Å². The first-order valence-electron chi connectivity index (χ1n) is 17.4. The van der Waals surface area contributed by atoms with Crippen molar-refractivity contribution in [1.29, 1.82) is 0 Å². The van der Waals surface area contributed by atoms with Gasteiger partial charge in [-0.25, -0.2) is 0 Å². The lowest BCUT2D eigenvalue weighted by molar-refractivity contribution is 0.669. The number of furan rings is 1. The van der Waals surface area contributed by atoms with E-state index in [9.17, 15) is 0 Å². The fraction of sp³-hybridized carbons (Fsp3) is 0.0213. The minimum Gasteiger partial charge on any atom is -0.456 e. The van der Waals surface area contributed by atoms with Crippen LogP contribution in [0.25, 0.3) is 85.5 Å². The lowest BCUT2D eigenvalue weighted by Gasteiger charge is -2.14. The van der Waals surface area contributed by atoms with E-state index in [-0.39, 0.29) is 0 Å². The molecule has 11 aromatic rings. The fourth-order valence-corrected chi connectivity index (χ4v) is 9.57. The van der Waals surface area contributed by atoms with Crippen LogP contribution in [0.5, 0.6) is 0 Å². The third-order valence-corrected chi connectivity index (χ3v) is 11.8. The van der Waals surface area contributed by atoms with Gasteiger partial charge in [0.25, 0.3) is 0 Å². The Balaban J connectivity index is 1.23. The SMILES string of the molecule is C=Nc1c(/C(=N\Cn2c3ccccc3c3c4c5ccccc5sc4c4ccccc4c32)c2ccc3oc4ccccc4c3c2)ccc2ccccc12. The lowest BCUT2D eigenvalue weighted by Crippen LogP contribution is -2.07. The van der Waals surface area contributed by atoms with E-state index >= 15 is 0 Å². The van der Waals surface area contributed by atoms with Crippen LogP contribution in [0, 0.1) is 0 Å². The number of aromatic nitrogens is 1. The maximum Gasteiger partial charge on any atom is 0.135 e. The number of hydrogen-bond donors (Lipinski definition) is 0. The summed E-state index contributed by atoms with van der Waals surface area (Å²) >= 11 is 1.88. The highest BCUT2D eigenvalue weighted by Gasteiger charge is 2.22. The standard InChI is InChI=1S/C47H29N3OS/c1-48-45-30-13-3-2-12-28(30)22-24-36(45)44(29-23-25-40-37(26-29)31-14-7-10-20-39(31)51-40)49-27-50-38-19-9-6-17-34(38)42-43-35-18-8-11-21-41(35)52-47(43)33-16-5-4-15-32(33)46(42)50/h2-26H,1,27H2/b49-44-. The number of rotatable bonds is 5. The number of nitrogens with zero attached hydrogens (tertiary/aromatic N) is 3. The van der Waals surface area contributed by atoms with Crippen molar-refractivity contribution in [3.63, 3.8) is 0 Å². The molecule has 0 amide bonds. The normalized spacial score (nSPS) is 12.5. The van der Waals surface area contributed by atoms with E-state index in [4.69, 9.17) is 9.41 Å². The zero-order valence-electron chi connectivity index (χ0n) is 28.0. The van der Waals surface area contributed by atoms with Gasteiger partial charge < -0.3 is 8.98 Å². The summed E-state index contributed by atoms with van der Waals surface area (Å²) in [5.74, 6) is 0. The highest BCUT2D eigenvalue weighted by Crippen LogP contribution is 2.47. The summed E-state index contributed by atoms with van der Waals surface area (Å²) in [5.41, 5.74) is 7.71. The summed E-state index contributed by atoms with van der Waals surface area (Å²) in [5, 5.41) is 11.9. The summed E-state index contributed by atoms with van der Waals surface area (Å²) in [6.45, 7) is 4.46. The van der Waals surface area contributed by atoms with E-state index in [1.54, 1.807) is 0 Å². The molecular formula is C47H29N3OS. The second-order valence-electron chi connectivity index (χ2n) is 13.3. The van der Waals surface area contributed by atoms with E-state index in [1.165, 1.54) is 47.2 Å². The first-order valence-corrected chi connectivity index (χ1v) is 18.3. The molecule has 3 heterocycles. The third kappa shape index (κ3) is 4.14. The minimum absolute atomic E-state index is 0.407. The van der Waals surface area contributed by atoms with Gasteiger partial charge in [0.15, 0.2) is 0 Å². The largest absolute Gasteiger partial charge is 0.456 e. The monoisotopic (exact) mass is 683 g/mol. The molecule has 0 aliphatic carbocycles. The topological polar surface area (TPSA) is 42.8 Å². The van der Waals surface area contributed by atoms with Crippen LogP contribution < -0.4 is 0 Å². The zero-order chi connectivity index (χ0) is 34.3. The van der Waals surface area contributed by atoms with Crippen molar-refractivity contribution in [2.45, 2.75) is 6.67 Å². The number of thiophene rings is 1. The second kappa shape index (κ2) is 11.2. The molecule has 11 rings (SSSR count). The minimum atomic E-state index is 0.407. The number of aliphatic imine (C=N–C) groups is 2. The van der Waals surface area contributed by atoms with Gasteiger partial charge in [0.05, 0.1) is 22.4 Å². The first-order chi connectivity index (χ1) is 25.8. The first kappa shape index (κ1) is 29.2. The Morgan fingerprint density at radius 1 is 0.596 bits per heavy atom. The summed E-state index contributed by atoms with van der Waals surface area (Å²) in [6.07, 6.45) is 0. The molecule has 8 aromatic carbocycles. The molecule has 4 nitrogen and oxygen atoms in total. The maximum absolute atomic E-state index is 6.24. The van der Waals surface area contributed by atoms with E-state index in [0.717, 1.165) is 60.8 Å². The molecular weight excluding hydrogens is 655 g/mol. The van der Waals surface area contributed by atoms with Crippen LogP contribution in [0.3, 0.4) is 0 Å². The second-order valence-corrected chi connectivity index (χ2v) is 14.4. The molecule has 0 fully saturated rings.